The van der Waals surface area contributed by atoms with Crippen molar-refractivity contribution in [2.45, 2.75) is 24.9 Å². The van der Waals surface area contributed by atoms with Crippen LogP contribution >= 0.6 is 0 Å². The van der Waals surface area contributed by atoms with Crippen LogP contribution in [0.4, 0.5) is 8.78 Å². The number of aliphatic hydroxyl groups is 1. The van der Waals surface area contributed by atoms with Crippen LogP contribution < -0.4 is 5.32 Å². The van der Waals surface area contributed by atoms with E-state index in [2.05, 4.69) is 5.32 Å². The van der Waals surface area contributed by atoms with Crippen LogP contribution in [0.1, 0.15) is 18.9 Å². The van der Waals surface area contributed by atoms with Crippen LogP contribution in [0.15, 0.2) is 30.3 Å². The second kappa shape index (κ2) is 6.93. The molecular weight excluding hydrogens is 252 g/mol. The molecule has 0 saturated carbocycles. The molecule has 19 heavy (non-hydrogen) atoms. The molecule has 2 N–H and O–H groups in total. The van der Waals surface area contributed by atoms with Crippen molar-refractivity contribution in [3.8, 4) is 0 Å². The van der Waals surface area contributed by atoms with Crippen molar-refractivity contribution in [2.24, 2.45) is 0 Å². The summed E-state index contributed by atoms with van der Waals surface area (Å²) in [6.45, 7) is 1.59. The molecule has 0 aliphatic rings. The third-order valence-electron chi connectivity index (χ3n) is 2.89. The summed E-state index contributed by atoms with van der Waals surface area (Å²) in [6.07, 6.45) is 0.396. The molecule has 0 saturated heterocycles. The van der Waals surface area contributed by atoms with Crippen molar-refractivity contribution >= 4 is 0 Å². The molecule has 1 rings (SSSR count). The lowest BCUT2D eigenvalue weighted by Gasteiger charge is -2.25. The smallest absolute Gasteiger partial charge is 0.285 e. The largest absolute Gasteiger partial charge is 0.389 e. The molecular formula is C14H21F2NO2. The summed E-state index contributed by atoms with van der Waals surface area (Å²) in [4.78, 5) is 0. The zero-order valence-electron chi connectivity index (χ0n) is 11.3. The van der Waals surface area contributed by atoms with E-state index in [1.165, 1.54) is 19.2 Å². The van der Waals surface area contributed by atoms with E-state index < -0.39 is 18.1 Å². The van der Waals surface area contributed by atoms with Gasteiger partial charge in [0.25, 0.3) is 5.92 Å². The topological polar surface area (TPSA) is 41.5 Å². The van der Waals surface area contributed by atoms with Gasteiger partial charge in [-0.05, 0) is 6.92 Å². The molecule has 1 atom stereocenters. The van der Waals surface area contributed by atoms with E-state index in [1.54, 1.807) is 25.1 Å². The van der Waals surface area contributed by atoms with Gasteiger partial charge in [0.1, 0.15) is 0 Å². The first-order valence-electron chi connectivity index (χ1n) is 6.23. The lowest BCUT2D eigenvalue weighted by Crippen LogP contribution is -2.42. The van der Waals surface area contributed by atoms with Gasteiger partial charge in [-0.15, -0.1) is 0 Å². The van der Waals surface area contributed by atoms with Gasteiger partial charge in [-0.25, -0.2) is 0 Å². The lowest BCUT2D eigenvalue weighted by molar-refractivity contribution is -0.0166. The predicted molar refractivity (Wildman–Crippen MR) is 70.3 cm³/mol. The van der Waals surface area contributed by atoms with Crippen molar-refractivity contribution in [3.63, 3.8) is 0 Å². The maximum absolute atomic E-state index is 13.8. The summed E-state index contributed by atoms with van der Waals surface area (Å²) < 4.78 is 32.5. The van der Waals surface area contributed by atoms with Crippen LogP contribution in [-0.2, 0) is 10.7 Å². The summed E-state index contributed by atoms with van der Waals surface area (Å²) in [6, 6.07) is 7.65. The molecule has 5 heteroatoms. The first-order valence-corrected chi connectivity index (χ1v) is 6.23. The zero-order valence-corrected chi connectivity index (χ0v) is 11.3. The highest BCUT2D eigenvalue weighted by Crippen LogP contribution is 2.26. The summed E-state index contributed by atoms with van der Waals surface area (Å²) in [5.41, 5.74) is -1.08. The average Bonchev–Trinajstić information content (AvgIpc) is 2.37. The molecule has 0 amide bonds. The fourth-order valence-electron chi connectivity index (χ4n) is 1.68. The Balaban J connectivity index is 2.44. The van der Waals surface area contributed by atoms with Crippen molar-refractivity contribution in [2.75, 3.05) is 26.8 Å². The van der Waals surface area contributed by atoms with E-state index in [-0.39, 0.29) is 12.1 Å². The Labute approximate surface area is 112 Å². The first-order chi connectivity index (χ1) is 8.87. The van der Waals surface area contributed by atoms with E-state index in [0.29, 0.717) is 13.0 Å². The average molecular weight is 273 g/mol. The number of benzene rings is 1. The Morgan fingerprint density at radius 2 is 1.84 bits per heavy atom. The molecule has 1 aromatic carbocycles. The highest BCUT2D eigenvalue weighted by atomic mass is 19.3. The van der Waals surface area contributed by atoms with E-state index in [1.807, 2.05) is 0 Å². The summed E-state index contributed by atoms with van der Waals surface area (Å²) in [5, 5.41) is 12.5. The van der Waals surface area contributed by atoms with Crippen LogP contribution in [0, 0.1) is 0 Å². The van der Waals surface area contributed by atoms with Gasteiger partial charge in [0.2, 0.25) is 0 Å². The van der Waals surface area contributed by atoms with Gasteiger partial charge in [-0.1, -0.05) is 30.3 Å². The van der Waals surface area contributed by atoms with Crippen molar-refractivity contribution in [1.82, 2.24) is 5.32 Å². The van der Waals surface area contributed by atoms with Crippen LogP contribution in [0.3, 0.4) is 0 Å². The predicted octanol–water partition coefficient (Wildman–Crippen LogP) is 2.16. The molecule has 0 aromatic heterocycles. The quantitative estimate of drug-likeness (QED) is 0.762. The molecule has 0 bridgehead atoms. The molecule has 0 heterocycles. The molecule has 108 valence electrons. The standard InChI is InChI=1S/C14H21F2NO2/c1-13(18,8-9-19-2)10-17-11-14(15,16)12-6-4-3-5-7-12/h3-7,17-18H,8-11H2,1-2H3. The molecule has 3 nitrogen and oxygen atoms in total. The van der Waals surface area contributed by atoms with E-state index in [4.69, 9.17) is 4.74 Å². The maximum Gasteiger partial charge on any atom is 0.285 e. The Morgan fingerprint density at radius 3 is 2.42 bits per heavy atom. The number of methoxy groups -OCH3 is 1. The number of nitrogens with one attached hydrogen (secondary N) is 1. The van der Waals surface area contributed by atoms with E-state index >= 15 is 0 Å². The summed E-state index contributed by atoms with van der Waals surface area (Å²) >= 11 is 0. The Kier molecular flexibility index (Phi) is 5.85. The third-order valence-corrected chi connectivity index (χ3v) is 2.89. The number of alkyl halides is 2. The number of hydrogen-bond acceptors (Lipinski definition) is 3. The molecule has 0 aliphatic carbocycles. The number of rotatable bonds is 8. The van der Waals surface area contributed by atoms with Crippen LogP contribution in [0.5, 0.6) is 0 Å². The van der Waals surface area contributed by atoms with Gasteiger partial charge in [-0.2, -0.15) is 8.78 Å². The first kappa shape index (κ1) is 16.0. The van der Waals surface area contributed by atoms with Gasteiger partial charge < -0.3 is 15.2 Å². The second-order valence-corrected chi connectivity index (χ2v) is 4.91. The van der Waals surface area contributed by atoms with Crippen LogP contribution in [0.25, 0.3) is 0 Å². The monoisotopic (exact) mass is 273 g/mol. The minimum atomic E-state index is -2.95. The van der Waals surface area contributed by atoms with E-state index in [0.717, 1.165) is 0 Å². The highest BCUT2D eigenvalue weighted by molar-refractivity contribution is 5.20. The number of halogens is 2. The SMILES string of the molecule is COCCC(C)(O)CNCC(F)(F)c1ccccc1. The lowest BCUT2D eigenvalue weighted by atomic mass is 10.0. The molecule has 0 aliphatic heterocycles. The van der Waals surface area contributed by atoms with Crippen LogP contribution in [-0.4, -0.2) is 37.5 Å². The Morgan fingerprint density at radius 1 is 1.21 bits per heavy atom. The number of ether oxygens (including phenoxy) is 1. The third kappa shape index (κ3) is 5.63. The number of hydrogen-bond donors (Lipinski definition) is 2. The second-order valence-electron chi connectivity index (χ2n) is 4.91. The van der Waals surface area contributed by atoms with Crippen molar-refractivity contribution in [3.05, 3.63) is 35.9 Å². The van der Waals surface area contributed by atoms with Gasteiger partial charge in [-0.3, -0.25) is 0 Å². The molecule has 0 fully saturated rings. The van der Waals surface area contributed by atoms with Crippen LogP contribution in [0.2, 0.25) is 0 Å². The van der Waals surface area contributed by atoms with Gasteiger partial charge in [0.15, 0.2) is 0 Å². The van der Waals surface area contributed by atoms with Crippen molar-refractivity contribution < 1.29 is 18.6 Å². The maximum atomic E-state index is 13.8. The minimum Gasteiger partial charge on any atom is -0.389 e. The van der Waals surface area contributed by atoms with E-state index in [9.17, 15) is 13.9 Å². The summed E-state index contributed by atoms with van der Waals surface area (Å²) in [5.74, 6) is -2.95. The normalized spacial score (nSPS) is 15.2. The van der Waals surface area contributed by atoms with Gasteiger partial charge >= 0.3 is 0 Å². The molecule has 1 unspecified atom stereocenters. The molecule has 1 aromatic rings. The Bertz CT molecular complexity index is 369. The highest BCUT2D eigenvalue weighted by Gasteiger charge is 2.31. The van der Waals surface area contributed by atoms with Gasteiger partial charge in [0, 0.05) is 32.2 Å². The summed E-state index contributed by atoms with van der Waals surface area (Å²) in [7, 11) is 1.53. The fourth-order valence-corrected chi connectivity index (χ4v) is 1.68. The van der Waals surface area contributed by atoms with Crippen molar-refractivity contribution in [1.29, 1.82) is 0 Å². The minimum absolute atomic E-state index is 0.0287. The van der Waals surface area contributed by atoms with Gasteiger partial charge in [0.05, 0.1) is 12.1 Å². The molecule has 0 spiro atoms. The fraction of sp³-hybridized carbons (Fsp3) is 0.571. The Hall–Kier alpha value is -1.04. The zero-order chi connectivity index (χ0) is 14.4. The molecule has 0 radical (unpaired) electrons.